The van der Waals surface area contributed by atoms with Crippen LogP contribution in [0, 0.1) is 0 Å². The first-order valence-corrected chi connectivity index (χ1v) is 3.28. The van der Waals surface area contributed by atoms with Gasteiger partial charge in [-0.05, 0) is 0 Å². The van der Waals surface area contributed by atoms with Gasteiger partial charge in [0.1, 0.15) is 20.3 Å². The second kappa shape index (κ2) is 7.88. The highest BCUT2D eigenvalue weighted by Crippen LogP contribution is 1.79. The van der Waals surface area contributed by atoms with Crippen molar-refractivity contribution in [3.8, 4) is 0 Å². The third-order valence-electron chi connectivity index (χ3n) is 0.575. The Bertz CT molecular complexity index is 34.8. The minimum atomic E-state index is 0.438. The second-order valence-corrected chi connectivity index (χ2v) is 1.77. The first kappa shape index (κ1) is 8.88. The van der Waals surface area contributed by atoms with Crippen LogP contribution in [0.5, 0.6) is 0 Å². The van der Waals surface area contributed by atoms with Crippen molar-refractivity contribution in [2.45, 2.75) is 20.3 Å². The van der Waals surface area contributed by atoms with Crippen molar-refractivity contribution in [3.63, 3.8) is 0 Å². The maximum absolute atomic E-state index is 4.74. The van der Waals surface area contributed by atoms with Crippen LogP contribution in [0.2, 0.25) is 0 Å². The van der Waals surface area contributed by atoms with Crippen molar-refractivity contribution in [1.82, 2.24) is 5.32 Å². The van der Waals surface area contributed by atoms with Gasteiger partial charge in [-0.15, -0.1) is 0 Å². The number of ether oxygens (including phenoxy) is 2. The summed E-state index contributed by atoms with van der Waals surface area (Å²) in [4.78, 5) is 0. The summed E-state index contributed by atoms with van der Waals surface area (Å²) in [6.45, 7) is 5.94. The zero-order valence-corrected chi connectivity index (χ0v) is 6.14. The molecule has 0 aromatic rings. The molecular formula is C6H15NO2. The van der Waals surface area contributed by atoms with Crippen LogP contribution >= 0.6 is 0 Å². The summed E-state index contributed by atoms with van der Waals surface area (Å²) in [6, 6.07) is 0. The Morgan fingerprint density at radius 1 is 1.22 bits per heavy atom. The highest BCUT2D eigenvalue weighted by atomic mass is 16.7. The van der Waals surface area contributed by atoms with E-state index in [1.54, 1.807) is 0 Å². The van der Waals surface area contributed by atoms with E-state index in [1.165, 1.54) is 6.42 Å². The molecule has 1 aliphatic rings. The van der Waals surface area contributed by atoms with Crippen LogP contribution in [0.25, 0.3) is 0 Å². The van der Waals surface area contributed by atoms with Gasteiger partial charge >= 0.3 is 0 Å². The SMILES string of the molecule is C1NCOCO1.CCC. The van der Waals surface area contributed by atoms with Gasteiger partial charge in [-0.1, -0.05) is 20.3 Å². The zero-order chi connectivity index (χ0) is 6.95. The van der Waals surface area contributed by atoms with E-state index in [1.807, 2.05) is 0 Å². The smallest absolute Gasteiger partial charge is 0.150 e. The predicted octanol–water partition coefficient (Wildman–Crippen LogP) is 0.912. The fourth-order valence-corrected chi connectivity index (χ4v) is 0.328. The van der Waals surface area contributed by atoms with E-state index in [-0.39, 0.29) is 0 Å². The largest absolute Gasteiger partial charge is 0.340 e. The summed E-state index contributed by atoms with van der Waals surface area (Å²) >= 11 is 0. The topological polar surface area (TPSA) is 30.5 Å². The van der Waals surface area contributed by atoms with E-state index in [0.717, 1.165) is 0 Å². The predicted molar refractivity (Wildman–Crippen MR) is 35.9 cm³/mol. The molecule has 3 nitrogen and oxygen atoms in total. The molecule has 0 spiro atoms. The molecule has 9 heavy (non-hydrogen) atoms. The molecule has 1 aliphatic heterocycles. The standard InChI is InChI=1S/C3H7NO2.C3H8/c1-4-2-6-3-5-1;1-3-2/h4H,1-3H2;3H2,1-2H3. The molecule has 0 saturated carbocycles. The molecule has 1 N–H and O–H groups in total. The molecule has 0 aromatic heterocycles. The van der Waals surface area contributed by atoms with Gasteiger partial charge in [0, 0.05) is 0 Å². The third kappa shape index (κ3) is 7.88. The summed E-state index contributed by atoms with van der Waals surface area (Å²) in [7, 11) is 0. The molecule has 1 saturated heterocycles. The van der Waals surface area contributed by atoms with Crippen molar-refractivity contribution in [1.29, 1.82) is 0 Å². The molecule has 0 aliphatic carbocycles. The molecule has 1 heterocycles. The van der Waals surface area contributed by atoms with Gasteiger partial charge < -0.3 is 9.47 Å². The van der Waals surface area contributed by atoms with Crippen molar-refractivity contribution in [2.75, 3.05) is 20.3 Å². The van der Waals surface area contributed by atoms with Crippen LogP contribution in [0.1, 0.15) is 20.3 Å². The number of hydrogen-bond acceptors (Lipinski definition) is 3. The Hall–Kier alpha value is -0.120. The van der Waals surface area contributed by atoms with E-state index < -0.39 is 0 Å². The molecular weight excluding hydrogens is 118 g/mol. The van der Waals surface area contributed by atoms with Gasteiger partial charge in [0.15, 0.2) is 0 Å². The van der Waals surface area contributed by atoms with Crippen molar-refractivity contribution in [2.24, 2.45) is 0 Å². The summed E-state index contributed by atoms with van der Waals surface area (Å²) < 4.78 is 9.47. The van der Waals surface area contributed by atoms with Crippen LogP contribution in [-0.2, 0) is 9.47 Å². The molecule has 1 fully saturated rings. The molecule has 1 rings (SSSR count). The Kier molecular flexibility index (Phi) is 7.77. The quantitative estimate of drug-likeness (QED) is 0.533. The molecule has 0 atom stereocenters. The molecule has 0 radical (unpaired) electrons. The maximum atomic E-state index is 4.74. The van der Waals surface area contributed by atoms with Crippen molar-refractivity contribution >= 4 is 0 Å². The second-order valence-electron chi connectivity index (χ2n) is 1.77. The van der Waals surface area contributed by atoms with Crippen LogP contribution < -0.4 is 5.32 Å². The molecule has 3 heteroatoms. The fourth-order valence-electron chi connectivity index (χ4n) is 0.328. The molecule has 0 bridgehead atoms. The highest BCUT2D eigenvalue weighted by molar-refractivity contribution is 4.26. The van der Waals surface area contributed by atoms with Gasteiger partial charge in [-0.25, -0.2) is 0 Å². The lowest BCUT2D eigenvalue weighted by Crippen LogP contribution is -2.28. The van der Waals surface area contributed by atoms with Gasteiger partial charge in [-0.2, -0.15) is 0 Å². The average Bonchev–Trinajstić information content (AvgIpc) is 1.93. The van der Waals surface area contributed by atoms with E-state index in [0.29, 0.717) is 20.3 Å². The fraction of sp³-hybridized carbons (Fsp3) is 1.00. The lowest BCUT2D eigenvalue weighted by Gasteiger charge is -2.11. The number of rotatable bonds is 0. The lowest BCUT2D eigenvalue weighted by molar-refractivity contribution is -0.113. The highest BCUT2D eigenvalue weighted by Gasteiger charge is 1.92. The Morgan fingerprint density at radius 3 is 1.78 bits per heavy atom. The molecule has 0 aromatic carbocycles. The summed E-state index contributed by atoms with van der Waals surface area (Å²) in [6.07, 6.45) is 1.25. The first-order chi connectivity index (χ1) is 4.41. The van der Waals surface area contributed by atoms with Gasteiger partial charge in [0.2, 0.25) is 0 Å². The summed E-state index contributed by atoms with van der Waals surface area (Å²) in [5.41, 5.74) is 0. The Balaban J connectivity index is 0.000000187. The molecule has 56 valence electrons. The minimum absolute atomic E-state index is 0.438. The minimum Gasteiger partial charge on any atom is -0.340 e. The van der Waals surface area contributed by atoms with E-state index in [2.05, 4.69) is 19.2 Å². The maximum Gasteiger partial charge on any atom is 0.150 e. The average molecular weight is 133 g/mol. The van der Waals surface area contributed by atoms with Crippen molar-refractivity contribution < 1.29 is 9.47 Å². The van der Waals surface area contributed by atoms with Gasteiger partial charge in [0.25, 0.3) is 0 Å². The lowest BCUT2D eigenvalue weighted by atomic mass is 10.6. The van der Waals surface area contributed by atoms with Gasteiger partial charge in [-0.3, -0.25) is 5.32 Å². The molecule has 0 unspecified atom stereocenters. The summed E-state index contributed by atoms with van der Waals surface area (Å²) in [5, 5.41) is 2.84. The van der Waals surface area contributed by atoms with Crippen LogP contribution in [0.15, 0.2) is 0 Å². The zero-order valence-electron chi connectivity index (χ0n) is 6.14. The summed E-state index contributed by atoms with van der Waals surface area (Å²) in [5.74, 6) is 0. The number of hydrogen-bond donors (Lipinski definition) is 1. The van der Waals surface area contributed by atoms with Crippen molar-refractivity contribution in [3.05, 3.63) is 0 Å². The normalized spacial score (nSPS) is 18.0. The Labute approximate surface area is 56.3 Å². The van der Waals surface area contributed by atoms with Gasteiger partial charge in [0.05, 0.1) is 0 Å². The molecule has 0 amide bonds. The first-order valence-electron chi connectivity index (χ1n) is 3.28. The van der Waals surface area contributed by atoms with E-state index >= 15 is 0 Å². The number of nitrogens with one attached hydrogen (secondary N) is 1. The van der Waals surface area contributed by atoms with E-state index in [9.17, 15) is 0 Å². The van der Waals surface area contributed by atoms with Crippen LogP contribution in [0.3, 0.4) is 0 Å². The monoisotopic (exact) mass is 133 g/mol. The van der Waals surface area contributed by atoms with Crippen LogP contribution in [-0.4, -0.2) is 20.3 Å². The Morgan fingerprint density at radius 2 is 1.67 bits per heavy atom. The third-order valence-corrected chi connectivity index (χ3v) is 0.575. The van der Waals surface area contributed by atoms with E-state index in [4.69, 9.17) is 9.47 Å². The van der Waals surface area contributed by atoms with Crippen LogP contribution in [0.4, 0.5) is 0 Å².